The second-order valence-corrected chi connectivity index (χ2v) is 13.0. The molecule has 2 aromatic carbocycles. The Labute approximate surface area is 204 Å². The summed E-state index contributed by atoms with van der Waals surface area (Å²) in [5, 5.41) is 0.198. The lowest BCUT2D eigenvalue weighted by atomic mass is 10.1. The van der Waals surface area contributed by atoms with Crippen molar-refractivity contribution in [3.63, 3.8) is 0 Å². The topological polar surface area (TPSA) is 111 Å². The highest BCUT2D eigenvalue weighted by Gasteiger charge is 2.29. The van der Waals surface area contributed by atoms with Crippen molar-refractivity contribution in [1.29, 1.82) is 0 Å². The van der Waals surface area contributed by atoms with E-state index in [1.165, 1.54) is 45.0 Å². The molecule has 188 valence electrons. The van der Waals surface area contributed by atoms with Gasteiger partial charge in [-0.1, -0.05) is 0 Å². The van der Waals surface area contributed by atoms with Crippen LogP contribution in [0.4, 0.5) is 0 Å². The Hall–Kier alpha value is -2.35. The third-order valence-corrected chi connectivity index (χ3v) is 10.6. The zero-order chi connectivity index (χ0) is 25.0. The number of fused-ring (bicyclic) bond motifs is 2. The average molecular weight is 521 g/mol. The standard InChI is InChI=1S/C23H28N4O6S2/c1-24-7-11-26(12-8-24)34(29,30)17-3-5-21-19(15-17)23(28)20-16-18(4-6-22(20)33-21)35(31,32)27-13-9-25(2)10-14-27/h3-6,15-16H,7-14H2,1-2H3. The van der Waals surface area contributed by atoms with E-state index >= 15 is 0 Å². The Bertz CT molecular complexity index is 1440. The third-order valence-electron chi connectivity index (χ3n) is 6.81. The lowest BCUT2D eigenvalue weighted by molar-refractivity contribution is 0.222. The van der Waals surface area contributed by atoms with Gasteiger partial charge in [-0.05, 0) is 50.5 Å². The molecule has 12 heteroatoms. The largest absolute Gasteiger partial charge is 0.456 e. The molecule has 0 unspecified atom stereocenters. The van der Waals surface area contributed by atoms with E-state index in [0.717, 1.165) is 0 Å². The predicted molar refractivity (Wildman–Crippen MR) is 133 cm³/mol. The van der Waals surface area contributed by atoms with Crippen LogP contribution in [0.15, 0.2) is 55.4 Å². The molecule has 1 aromatic heterocycles. The van der Waals surface area contributed by atoms with E-state index in [2.05, 4.69) is 9.80 Å². The van der Waals surface area contributed by atoms with Crippen molar-refractivity contribution in [2.75, 3.05) is 66.5 Å². The van der Waals surface area contributed by atoms with Gasteiger partial charge in [-0.25, -0.2) is 16.8 Å². The van der Waals surface area contributed by atoms with Crippen LogP contribution >= 0.6 is 0 Å². The average Bonchev–Trinajstić information content (AvgIpc) is 2.84. The molecule has 0 amide bonds. The maximum Gasteiger partial charge on any atom is 0.243 e. The van der Waals surface area contributed by atoms with Crippen LogP contribution < -0.4 is 5.43 Å². The number of hydrogen-bond donors (Lipinski definition) is 0. The van der Waals surface area contributed by atoms with E-state index in [1.54, 1.807) is 0 Å². The molecule has 0 aliphatic carbocycles. The summed E-state index contributed by atoms with van der Waals surface area (Å²) in [5.74, 6) is 0. The van der Waals surface area contributed by atoms with Crippen LogP contribution in [0.2, 0.25) is 0 Å². The molecule has 2 aliphatic rings. The Morgan fingerprint density at radius 1 is 0.629 bits per heavy atom. The number of nitrogens with zero attached hydrogens (tertiary/aromatic N) is 4. The highest BCUT2D eigenvalue weighted by molar-refractivity contribution is 7.89. The van der Waals surface area contributed by atoms with Crippen molar-refractivity contribution in [2.24, 2.45) is 0 Å². The van der Waals surface area contributed by atoms with Crippen molar-refractivity contribution < 1.29 is 21.3 Å². The van der Waals surface area contributed by atoms with Crippen LogP contribution in [0.5, 0.6) is 0 Å². The zero-order valence-electron chi connectivity index (χ0n) is 19.7. The van der Waals surface area contributed by atoms with Gasteiger partial charge in [0.1, 0.15) is 11.2 Å². The van der Waals surface area contributed by atoms with Gasteiger partial charge in [-0.3, -0.25) is 4.79 Å². The molecule has 0 radical (unpaired) electrons. The lowest BCUT2D eigenvalue weighted by Crippen LogP contribution is -2.47. The van der Waals surface area contributed by atoms with Crippen LogP contribution in [-0.4, -0.2) is 102 Å². The molecule has 0 bridgehead atoms. The molecule has 0 saturated carbocycles. The van der Waals surface area contributed by atoms with Gasteiger partial charge in [-0.15, -0.1) is 0 Å². The molecular weight excluding hydrogens is 492 g/mol. The quantitative estimate of drug-likeness (QED) is 0.465. The van der Waals surface area contributed by atoms with Crippen LogP contribution in [0.3, 0.4) is 0 Å². The predicted octanol–water partition coefficient (Wildman–Crippen LogP) is 0.818. The first-order chi connectivity index (χ1) is 16.6. The van der Waals surface area contributed by atoms with E-state index in [1.807, 2.05) is 14.1 Å². The summed E-state index contributed by atoms with van der Waals surface area (Å²) in [5.41, 5.74) is 0.0242. The summed E-state index contributed by atoms with van der Waals surface area (Å²) >= 11 is 0. The monoisotopic (exact) mass is 520 g/mol. The molecule has 3 heterocycles. The normalized spacial score (nSPS) is 20.1. The summed E-state index contributed by atoms with van der Waals surface area (Å²) in [6.07, 6.45) is 0. The van der Waals surface area contributed by atoms with Gasteiger partial charge in [0.05, 0.1) is 20.6 Å². The van der Waals surface area contributed by atoms with Crippen molar-refractivity contribution in [1.82, 2.24) is 18.4 Å². The molecule has 5 rings (SSSR count). The van der Waals surface area contributed by atoms with E-state index < -0.39 is 25.5 Å². The van der Waals surface area contributed by atoms with Crippen molar-refractivity contribution >= 4 is 42.0 Å². The fourth-order valence-corrected chi connectivity index (χ4v) is 7.39. The van der Waals surface area contributed by atoms with Gasteiger partial charge in [0, 0.05) is 52.4 Å². The van der Waals surface area contributed by atoms with Gasteiger partial charge in [0.2, 0.25) is 25.5 Å². The first-order valence-electron chi connectivity index (χ1n) is 11.5. The Morgan fingerprint density at radius 3 is 1.37 bits per heavy atom. The Balaban J connectivity index is 1.56. The van der Waals surface area contributed by atoms with Crippen LogP contribution in [0.25, 0.3) is 21.9 Å². The van der Waals surface area contributed by atoms with E-state index in [0.29, 0.717) is 52.4 Å². The Kier molecular flexibility index (Phi) is 6.22. The fraction of sp³-hybridized carbons (Fsp3) is 0.435. The summed E-state index contributed by atoms with van der Waals surface area (Å²) < 4.78 is 61.4. The van der Waals surface area contributed by atoms with Gasteiger partial charge in [0.15, 0.2) is 0 Å². The maximum absolute atomic E-state index is 13.4. The lowest BCUT2D eigenvalue weighted by Gasteiger charge is -2.31. The number of hydrogen-bond acceptors (Lipinski definition) is 8. The van der Waals surface area contributed by atoms with Gasteiger partial charge >= 0.3 is 0 Å². The molecule has 10 nitrogen and oxygen atoms in total. The zero-order valence-corrected chi connectivity index (χ0v) is 21.3. The highest BCUT2D eigenvalue weighted by atomic mass is 32.2. The van der Waals surface area contributed by atoms with Gasteiger partial charge in [-0.2, -0.15) is 8.61 Å². The molecule has 2 fully saturated rings. The summed E-state index contributed by atoms with van der Waals surface area (Å²) in [6.45, 7) is 4.00. The minimum absolute atomic E-state index is 0.0161. The van der Waals surface area contributed by atoms with Gasteiger partial charge in [0.25, 0.3) is 0 Å². The number of sulfonamides is 2. The third kappa shape index (κ3) is 4.39. The number of piperazine rings is 2. The summed E-state index contributed by atoms with van der Waals surface area (Å²) in [6, 6.07) is 8.50. The van der Waals surface area contributed by atoms with Crippen LogP contribution in [-0.2, 0) is 20.0 Å². The van der Waals surface area contributed by atoms with Crippen molar-refractivity contribution in [3.05, 3.63) is 46.6 Å². The molecule has 2 aliphatic heterocycles. The smallest absolute Gasteiger partial charge is 0.243 e. The number of benzene rings is 2. The number of likely N-dealkylation sites (N-methyl/N-ethyl adjacent to an activating group) is 2. The molecular formula is C23H28N4O6S2. The van der Waals surface area contributed by atoms with E-state index in [-0.39, 0.29) is 31.7 Å². The second kappa shape index (κ2) is 8.95. The van der Waals surface area contributed by atoms with Crippen LogP contribution in [0, 0.1) is 0 Å². The number of rotatable bonds is 4. The first kappa shape index (κ1) is 24.3. The summed E-state index contributed by atoms with van der Waals surface area (Å²) in [4.78, 5) is 17.5. The fourth-order valence-electron chi connectivity index (χ4n) is 4.49. The minimum Gasteiger partial charge on any atom is -0.456 e. The van der Waals surface area contributed by atoms with Crippen molar-refractivity contribution in [2.45, 2.75) is 9.79 Å². The Morgan fingerprint density at radius 2 is 1.00 bits per heavy atom. The SMILES string of the molecule is CN1CCN(S(=O)(=O)c2ccc3oc4ccc(S(=O)(=O)N5CCN(C)CC5)cc4c(=O)c3c2)CC1. The molecule has 3 aromatic rings. The molecule has 0 spiro atoms. The first-order valence-corrected chi connectivity index (χ1v) is 14.3. The van der Waals surface area contributed by atoms with Crippen LogP contribution in [0.1, 0.15) is 0 Å². The molecule has 0 atom stereocenters. The summed E-state index contributed by atoms with van der Waals surface area (Å²) in [7, 11) is -3.68. The van der Waals surface area contributed by atoms with E-state index in [9.17, 15) is 21.6 Å². The maximum atomic E-state index is 13.4. The molecule has 0 N–H and O–H groups in total. The van der Waals surface area contributed by atoms with E-state index in [4.69, 9.17) is 4.42 Å². The molecule has 2 saturated heterocycles. The minimum atomic E-state index is -3.78. The van der Waals surface area contributed by atoms with Crippen molar-refractivity contribution in [3.8, 4) is 0 Å². The second-order valence-electron chi connectivity index (χ2n) is 9.16. The molecule has 35 heavy (non-hydrogen) atoms. The highest BCUT2D eigenvalue weighted by Crippen LogP contribution is 2.26. The van der Waals surface area contributed by atoms with Gasteiger partial charge < -0.3 is 14.2 Å².